The van der Waals surface area contributed by atoms with Gasteiger partial charge in [0, 0.05) is 41.4 Å². The van der Waals surface area contributed by atoms with Crippen LogP contribution >= 0.6 is 11.6 Å². The summed E-state index contributed by atoms with van der Waals surface area (Å²) in [6.07, 6.45) is -3.93. The summed E-state index contributed by atoms with van der Waals surface area (Å²) in [5, 5.41) is 2.66. The van der Waals surface area contributed by atoms with E-state index in [1.165, 1.54) is 44.7 Å². The molecular weight excluding hydrogens is 574 g/mol. The fourth-order valence-corrected chi connectivity index (χ4v) is 4.09. The number of methoxy groups -OCH3 is 2. The van der Waals surface area contributed by atoms with Crippen LogP contribution in [0.4, 0.5) is 23.2 Å². The highest BCUT2D eigenvalue weighted by Crippen LogP contribution is 2.38. The normalized spacial score (nSPS) is 12.9. The molecule has 0 aliphatic rings. The van der Waals surface area contributed by atoms with Crippen molar-refractivity contribution in [1.82, 2.24) is 4.57 Å². The van der Waals surface area contributed by atoms with Crippen molar-refractivity contribution in [3.63, 3.8) is 0 Å². The summed E-state index contributed by atoms with van der Waals surface area (Å²) in [4.78, 5) is 38.0. The minimum atomic E-state index is -4.62. The number of benzene rings is 2. The predicted molar refractivity (Wildman–Crippen MR) is 143 cm³/mol. The molecule has 2 aromatic carbocycles. The summed E-state index contributed by atoms with van der Waals surface area (Å²) in [6, 6.07) is 7.02. The zero-order chi connectivity index (χ0) is 30.5. The second-order valence-electron chi connectivity index (χ2n) is 8.89. The first-order valence-electron chi connectivity index (χ1n) is 12.0. The van der Waals surface area contributed by atoms with Gasteiger partial charge in [0.25, 0.3) is 11.5 Å². The highest BCUT2D eigenvalue weighted by molar-refractivity contribution is 6.31. The van der Waals surface area contributed by atoms with Crippen molar-refractivity contribution in [3.05, 3.63) is 75.4 Å². The van der Waals surface area contributed by atoms with E-state index >= 15 is 0 Å². The largest absolute Gasteiger partial charge is 0.495 e. The van der Waals surface area contributed by atoms with Crippen LogP contribution in [-0.4, -0.2) is 49.5 Å². The summed E-state index contributed by atoms with van der Waals surface area (Å²) in [7, 11) is 2.68. The van der Waals surface area contributed by atoms with Crippen LogP contribution in [0.15, 0.2) is 53.5 Å². The molecule has 9 nitrogen and oxygen atoms in total. The Bertz CT molecular complexity index is 1490. The van der Waals surface area contributed by atoms with Gasteiger partial charge in [-0.15, -0.1) is 0 Å². The van der Waals surface area contributed by atoms with Gasteiger partial charge in [-0.25, -0.2) is 4.39 Å². The number of carbonyl (C=O) groups excluding carboxylic acids is 2. The molecule has 0 bridgehead atoms. The van der Waals surface area contributed by atoms with Crippen molar-refractivity contribution < 1.29 is 41.4 Å². The summed E-state index contributed by atoms with van der Waals surface area (Å²) in [5.41, 5.74) is 4.14. The van der Waals surface area contributed by atoms with Gasteiger partial charge in [0.2, 0.25) is 5.91 Å². The number of ether oxygens (including phenoxy) is 3. The van der Waals surface area contributed by atoms with Gasteiger partial charge < -0.3 is 25.3 Å². The first-order valence-corrected chi connectivity index (χ1v) is 12.3. The maximum Gasteiger partial charge on any atom is 0.422 e. The molecule has 3 rings (SSSR count). The summed E-state index contributed by atoms with van der Waals surface area (Å²) in [5.74, 6) is -2.86. The van der Waals surface area contributed by atoms with E-state index < -0.39 is 48.1 Å². The predicted octanol–water partition coefficient (Wildman–Crippen LogP) is 4.96. The van der Waals surface area contributed by atoms with Crippen LogP contribution in [0.2, 0.25) is 5.02 Å². The van der Waals surface area contributed by atoms with Crippen molar-refractivity contribution >= 4 is 29.1 Å². The SMILES string of the molecule is COc1cn(C(CC(C)OC)C(=O)Nc2ccc(C(N)=O)c(F)c2)c(=O)cc1-c1cc(Cl)ccc1OCC(F)(F)F. The first kappa shape index (κ1) is 31.4. The third kappa shape index (κ3) is 7.98. The third-order valence-corrected chi connectivity index (χ3v) is 6.22. The van der Waals surface area contributed by atoms with Crippen molar-refractivity contribution in [2.45, 2.75) is 31.7 Å². The first-order chi connectivity index (χ1) is 19.2. The Kier molecular flexibility index (Phi) is 10.00. The second kappa shape index (κ2) is 13.0. The van der Waals surface area contributed by atoms with Crippen LogP contribution < -0.4 is 26.1 Å². The number of carbonyl (C=O) groups is 2. The van der Waals surface area contributed by atoms with Crippen LogP contribution in [0, 0.1) is 5.82 Å². The number of nitrogens with one attached hydrogen (secondary N) is 1. The number of primary amides is 1. The van der Waals surface area contributed by atoms with Crippen molar-refractivity contribution in [2.24, 2.45) is 5.73 Å². The Labute approximate surface area is 236 Å². The molecule has 0 aliphatic carbocycles. The molecule has 1 heterocycles. The molecule has 41 heavy (non-hydrogen) atoms. The molecule has 0 fully saturated rings. The minimum absolute atomic E-state index is 0.00501. The van der Waals surface area contributed by atoms with Crippen LogP contribution in [0.5, 0.6) is 11.5 Å². The Morgan fingerprint density at radius 1 is 1.07 bits per heavy atom. The number of hydrogen-bond donors (Lipinski definition) is 2. The van der Waals surface area contributed by atoms with Crippen molar-refractivity contribution in [3.8, 4) is 22.6 Å². The zero-order valence-corrected chi connectivity index (χ0v) is 22.8. The van der Waals surface area contributed by atoms with Gasteiger partial charge in [0.05, 0.1) is 25.0 Å². The molecule has 3 aromatic rings. The lowest BCUT2D eigenvalue weighted by molar-refractivity contribution is -0.153. The molecule has 0 saturated carbocycles. The summed E-state index contributed by atoms with van der Waals surface area (Å²) >= 11 is 6.08. The number of nitrogens with zero attached hydrogens (tertiary/aromatic N) is 1. The molecule has 14 heteroatoms. The van der Waals surface area contributed by atoms with Crippen molar-refractivity contribution in [2.75, 3.05) is 26.1 Å². The number of hydrogen-bond acceptors (Lipinski definition) is 6. The maximum atomic E-state index is 14.3. The van der Waals surface area contributed by atoms with E-state index in [1.54, 1.807) is 6.92 Å². The molecule has 2 unspecified atom stereocenters. The standard InChI is InChI=1S/C27H26ClF4N3O6/c1-14(39-2)8-21(26(38)34-16-5-6-17(25(33)37)20(29)10-16)35-12-23(40-3)19(11-24(35)36)18-9-15(28)4-7-22(18)41-13-27(30,31)32/h4-7,9-12,14,21H,8,13H2,1-3H3,(H2,33,37)(H,34,38). The number of nitrogens with two attached hydrogens (primary N) is 1. The minimum Gasteiger partial charge on any atom is -0.495 e. The molecule has 3 N–H and O–H groups in total. The fraction of sp³-hybridized carbons (Fsp3) is 0.296. The molecule has 2 atom stereocenters. The van der Waals surface area contributed by atoms with E-state index in [2.05, 4.69) is 5.32 Å². The molecule has 0 saturated heterocycles. The molecule has 1 aromatic heterocycles. The van der Waals surface area contributed by atoms with Crippen molar-refractivity contribution in [1.29, 1.82) is 0 Å². The van der Waals surface area contributed by atoms with E-state index in [0.29, 0.717) is 0 Å². The average Bonchev–Trinajstić information content (AvgIpc) is 2.90. The number of amides is 2. The monoisotopic (exact) mass is 599 g/mol. The highest BCUT2D eigenvalue weighted by atomic mass is 35.5. The van der Waals surface area contributed by atoms with Crippen LogP contribution in [0.1, 0.15) is 29.7 Å². The molecule has 220 valence electrons. The Morgan fingerprint density at radius 3 is 2.34 bits per heavy atom. The number of alkyl halides is 3. The van der Waals surface area contributed by atoms with Crippen LogP contribution in [0.3, 0.4) is 0 Å². The number of pyridine rings is 1. The van der Waals surface area contributed by atoms with E-state index in [-0.39, 0.29) is 45.3 Å². The lowest BCUT2D eigenvalue weighted by Gasteiger charge is -2.24. The van der Waals surface area contributed by atoms with Gasteiger partial charge in [-0.2, -0.15) is 13.2 Å². The van der Waals surface area contributed by atoms with Gasteiger partial charge >= 0.3 is 6.18 Å². The molecule has 0 spiro atoms. The average molecular weight is 600 g/mol. The highest BCUT2D eigenvalue weighted by Gasteiger charge is 2.30. The van der Waals surface area contributed by atoms with E-state index in [1.807, 2.05) is 0 Å². The van der Waals surface area contributed by atoms with Gasteiger partial charge in [0.15, 0.2) is 6.61 Å². The molecular formula is C27H26ClF4N3O6. The van der Waals surface area contributed by atoms with E-state index in [4.69, 9.17) is 31.5 Å². The van der Waals surface area contributed by atoms with E-state index in [9.17, 15) is 31.9 Å². The van der Waals surface area contributed by atoms with Gasteiger partial charge in [-0.05, 0) is 43.3 Å². The maximum absolute atomic E-state index is 14.3. The third-order valence-electron chi connectivity index (χ3n) is 5.99. The zero-order valence-electron chi connectivity index (χ0n) is 22.1. The fourth-order valence-electron chi connectivity index (χ4n) is 3.92. The molecule has 0 aliphatic heterocycles. The number of rotatable bonds is 11. The Hall–Kier alpha value is -4.10. The smallest absolute Gasteiger partial charge is 0.422 e. The van der Waals surface area contributed by atoms with Gasteiger partial charge in [-0.1, -0.05) is 11.6 Å². The van der Waals surface area contributed by atoms with Crippen LogP contribution in [-0.2, 0) is 9.53 Å². The van der Waals surface area contributed by atoms with E-state index in [0.717, 1.165) is 22.8 Å². The quantitative estimate of drug-likeness (QED) is 0.301. The summed E-state index contributed by atoms with van der Waals surface area (Å²) in [6.45, 7) is 0.0770. The number of halogens is 5. The van der Waals surface area contributed by atoms with Crippen LogP contribution in [0.25, 0.3) is 11.1 Å². The Morgan fingerprint density at radius 2 is 1.76 bits per heavy atom. The summed E-state index contributed by atoms with van der Waals surface area (Å²) < 4.78 is 69.5. The number of aromatic nitrogens is 1. The molecule has 0 radical (unpaired) electrons. The topological polar surface area (TPSA) is 122 Å². The lowest BCUT2D eigenvalue weighted by atomic mass is 10.0. The van der Waals surface area contributed by atoms with Gasteiger partial charge in [-0.3, -0.25) is 19.0 Å². The second-order valence-corrected chi connectivity index (χ2v) is 9.33. The van der Waals surface area contributed by atoms with Gasteiger partial charge in [0.1, 0.15) is 23.4 Å². The lowest BCUT2D eigenvalue weighted by Crippen LogP contribution is -2.35. The number of anilines is 1. The molecule has 2 amide bonds. The Balaban J connectivity index is 2.06.